The van der Waals surface area contributed by atoms with Crippen LogP contribution in [0.1, 0.15) is 35.4 Å². The van der Waals surface area contributed by atoms with Crippen molar-refractivity contribution in [3.63, 3.8) is 0 Å². The van der Waals surface area contributed by atoms with E-state index >= 15 is 0 Å². The predicted molar refractivity (Wildman–Crippen MR) is 89.4 cm³/mol. The normalized spacial score (nSPS) is 28.1. The number of rotatable bonds is 3. The zero-order valence-corrected chi connectivity index (χ0v) is 13.4. The number of nitrogens with zero attached hydrogens (tertiary/aromatic N) is 2. The van der Waals surface area contributed by atoms with Crippen molar-refractivity contribution in [2.45, 2.75) is 43.8 Å². The molecule has 2 bridgehead atoms. The molecule has 2 aromatic rings. The highest BCUT2D eigenvalue weighted by Crippen LogP contribution is 2.35. The van der Waals surface area contributed by atoms with Gasteiger partial charge in [0.05, 0.1) is 9.58 Å². The maximum Gasteiger partial charge on any atom is 0.258 e. The van der Waals surface area contributed by atoms with E-state index in [1.165, 1.54) is 37.0 Å². The van der Waals surface area contributed by atoms with Crippen LogP contribution in [0.5, 0.6) is 0 Å². The van der Waals surface area contributed by atoms with E-state index in [2.05, 4.69) is 22.2 Å². The lowest BCUT2D eigenvalue weighted by Gasteiger charge is -2.36. The lowest BCUT2D eigenvalue weighted by Crippen LogP contribution is -2.44. The fraction of sp³-hybridized carbons (Fsp3) is 0.500. The number of amides is 1. The molecular weight excluding hydrogens is 296 g/mol. The average Bonchev–Trinajstić information content (AvgIpc) is 2.97. The molecule has 0 radical (unpaired) electrons. The number of aromatic nitrogens is 1. The van der Waals surface area contributed by atoms with Gasteiger partial charge in [0.2, 0.25) is 0 Å². The Morgan fingerprint density at radius 3 is 2.77 bits per heavy atom. The third-order valence-corrected chi connectivity index (χ3v) is 6.20. The Balaban J connectivity index is 1.53. The van der Waals surface area contributed by atoms with Gasteiger partial charge in [-0.25, -0.2) is 4.98 Å². The number of piperidine rings is 1. The fourth-order valence-corrected chi connectivity index (χ4v) is 4.75. The monoisotopic (exact) mass is 316 g/mol. The van der Waals surface area contributed by atoms with Crippen molar-refractivity contribution in [3.05, 3.63) is 23.2 Å². The quantitative estimate of drug-likeness (QED) is 0.912. The van der Waals surface area contributed by atoms with Crippen LogP contribution >= 0.6 is 11.3 Å². The van der Waals surface area contributed by atoms with E-state index in [4.69, 9.17) is 5.73 Å². The molecule has 5 nitrogen and oxygen atoms in total. The van der Waals surface area contributed by atoms with Crippen LogP contribution in [0.15, 0.2) is 18.3 Å². The lowest BCUT2D eigenvalue weighted by molar-refractivity contribution is 0.100. The first-order valence-electron chi connectivity index (χ1n) is 7.78. The molecule has 2 aliphatic rings. The van der Waals surface area contributed by atoms with E-state index in [-0.39, 0.29) is 5.91 Å². The number of fused-ring (bicyclic) bond motifs is 3. The fourth-order valence-electron chi connectivity index (χ4n) is 3.88. The van der Waals surface area contributed by atoms with Crippen LogP contribution in [0, 0.1) is 0 Å². The highest BCUT2D eigenvalue weighted by Gasteiger charge is 2.38. The molecule has 4 rings (SSSR count). The number of thiophene rings is 1. The number of nitrogens with two attached hydrogens (primary N) is 1. The van der Waals surface area contributed by atoms with Gasteiger partial charge in [0.1, 0.15) is 5.82 Å². The Hall–Kier alpha value is -1.66. The topological polar surface area (TPSA) is 71.2 Å². The van der Waals surface area contributed by atoms with Crippen molar-refractivity contribution in [3.8, 4) is 0 Å². The third kappa shape index (κ3) is 2.36. The van der Waals surface area contributed by atoms with Crippen LogP contribution in [0.4, 0.5) is 5.82 Å². The van der Waals surface area contributed by atoms with Crippen molar-refractivity contribution in [2.75, 3.05) is 12.4 Å². The smallest absolute Gasteiger partial charge is 0.258 e. The molecule has 1 amide bonds. The molecule has 116 valence electrons. The first kappa shape index (κ1) is 14.0. The second-order valence-electron chi connectivity index (χ2n) is 6.45. The van der Waals surface area contributed by atoms with E-state index in [1.807, 2.05) is 18.3 Å². The number of carbonyl (C=O) groups is 1. The SMILES string of the molecule is CN1C2CC[C@@H]1CC(Nc1cc3cc(C(N)=O)sc3cn1)C2. The molecule has 2 aromatic heterocycles. The maximum absolute atomic E-state index is 11.3. The summed E-state index contributed by atoms with van der Waals surface area (Å²) in [7, 11) is 2.25. The van der Waals surface area contributed by atoms with Crippen molar-refractivity contribution in [1.82, 2.24) is 9.88 Å². The molecule has 0 spiro atoms. The second kappa shape index (κ2) is 5.21. The number of hydrogen-bond donors (Lipinski definition) is 2. The Morgan fingerprint density at radius 1 is 1.36 bits per heavy atom. The van der Waals surface area contributed by atoms with Crippen molar-refractivity contribution in [1.29, 1.82) is 0 Å². The zero-order valence-electron chi connectivity index (χ0n) is 12.6. The van der Waals surface area contributed by atoms with Gasteiger partial charge in [0.25, 0.3) is 5.91 Å². The summed E-state index contributed by atoms with van der Waals surface area (Å²) in [5, 5.41) is 4.62. The molecular formula is C16H20N4OS. The molecule has 2 aliphatic heterocycles. The Labute approximate surface area is 133 Å². The summed E-state index contributed by atoms with van der Waals surface area (Å²) in [6.45, 7) is 0. The van der Waals surface area contributed by atoms with Crippen LogP contribution in [-0.4, -0.2) is 41.0 Å². The van der Waals surface area contributed by atoms with Gasteiger partial charge in [-0.3, -0.25) is 4.79 Å². The number of pyridine rings is 1. The van der Waals surface area contributed by atoms with Gasteiger partial charge >= 0.3 is 0 Å². The summed E-state index contributed by atoms with van der Waals surface area (Å²) in [6.07, 6.45) is 6.83. The number of carbonyl (C=O) groups excluding carboxylic acids is 1. The minimum Gasteiger partial charge on any atom is -0.367 e. The summed E-state index contributed by atoms with van der Waals surface area (Å²) in [5.74, 6) is 0.526. The summed E-state index contributed by atoms with van der Waals surface area (Å²) < 4.78 is 1.00. The van der Waals surface area contributed by atoms with E-state index in [0.29, 0.717) is 23.0 Å². The molecule has 3 N–H and O–H groups in total. The molecule has 0 aromatic carbocycles. The van der Waals surface area contributed by atoms with E-state index in [1.54, 1.807) is 0 Å². The predicted octanol–water partition coefficient (Wildman–Crippen LogP) is 2.43. The Kier molecular flexibility index (Phi) is 3.31. The highest BCUT2D eigenvalue weighted by molar-refractivity contribution is 7.20. The molecule has 2 fully saturated rings. The Morgan fingerprint density at radius 2 is 2.09 bits per heavy atom. The van der Waals surface area contributed by atoms with E-state index in [0.717, 1.165) is 15.9 Å². The summed E-state index contributed by atoms with van der Waals surface area (Å²) in [5.41, 5.74) is 5.35. The van der Waals surface area contributed by atoms with Gasteiger partial charge in [-0.05, 0) is 50.2 Å². The van der Waals surface area contributed by atoms with Crippen molar-refractivity contribution < 1.29 is 4.79 Å². The van der Waals surface area contributed by atoms with Gasteiger partial charge in [-0.1, -0.05) is 0 Å². The largest absolute Gasteiger partial charge is 0.367 e. The van der Waals surface area contributed by atoms with E-state index < -0.39 is 0 Å². The molecule has 6 heteroatoms. The van der Waals surface area contributed by atoms with Crippen LogP contribution in [0.2, 0.25) is 0 Å². The number of hydrogen-bond acceptors (Lipinski definition) is 5. The molecule has 2 saturated heterocycles. The third-order valence-electron chi connectivity index (χ3n) is 5.10. The van der Waals surface area contributed by atoms with Gasteiger partial charge in [-0.15, -0.1) is 11.3 Å². The molecule has 0 aliphatic carbocycles. The van der Waals surface area contributed by atoms with Gasteiger partial charge in [-0.2, -0.15) is 0 Å². The molecule has 0 saturated carbocycles. The zero-order chi connectivity index (χ0) is 15.3. The summed E-state index contributed by atoms with van der Waals surface area (Å²) >= 11 is 1.40. The number of anilines is 1. The minimum atomic E-state index is -0.373. The first-order valence-corrected chi connectivity index (χ1v) is 8.59. The van der Waals surface area contributed by atoms with Gasteiger partial charge in [0.15, 0.2) is 0 Å². The van der Waals surface area contributed by atoms with Crippen LogP contribution in [0.25, 0.3) is 10.1 Å². The lowest BCUT2D eigenvalue weighted by atomic mass is 9.98. The van der Waals surface area contributed by atoms with Gasteiger partial charge < -0.3 is 16.0 Å². The van der Waals surface area contributed by atoms with E-state index in [9.17, 15) is 4.79 Å². The number of primary amides is 1. The van der Waals surface area contributed by atoms with Crippen molar-refractivity contribution in [2.24, 2.45) is 5.73 Å². The highest BCUT2D eigenvalue weighted by atomic mass is 32.1. The summed E-state index contributed by atoms with van der Waals surface area (Å²) in [4.78, 5) is 18.9. The molecule has 22 heavy (non-hydrogen) atoms. The average molecular weight is 316 g/mol. The van der Waals surface area contributed by atoms with Crippen LogP contribution in [0.3, 0.4) is 0 Å². The molecule has 2 unspecified atom stereocenters. The van der Waals surface area contributed by atoms with Crippen molar-refractivity contribution >= 4 is 33.1 Å². The minimum absolute atomic E-state index is 0.373. The molecule has 3 atom stereocenters. The van der Waals surface area contributed by atoms with Crippen LogP contribution in [-0.2, 0) is 0 Å². The summed E-state index contributed by atoms with van der Waals surface area (Å²) in [6, 6.07) is 5.80. The standard InChI is InChI=1S/C16H20N4OS/c1-20-11-2-3-12(20)7-10(6-11)19-15-5-9-4-13(16(17)21)22-14(9)8-18-15/h4-5,8,10-12H,2-3,6-7H2,1H3,(H2,17,21)(H,18,19)/t10?,11-,12?/m1/s1. The second-order valence-corrected chi connectivity index (χ2v) is 7.53. The van der Waals surface area contributed by atoms with Gasteiger partial charge in [0, 0.05) is 24.3 Å². The number of nitrogens with one attached hydrogen (secondary N) is 1. The maximum atomic E-state index is 11.3. The molecule has 4 heterocycles. The Bertz CT molecular complexity index is 714. The van der Waals surface area contributed by atoms with Crippen LogP contribution < -0.4 is 11.1 Å². The first-order chi connectivity index (χ1) is 10.6.